The summed E-state index contributed by atoms with van der Waals surface area (Å²) in [6.07, 6.45) is 0.802. The number of anilines is 2. The molecule has 7 nitrogen and oxygen atoms in total. The van der Waals surface area contributed by atoms with Crippen LogP contribution in [0.2, 0.25) is 0 Å². The van der Waals surface area contributed by atoms with E-state index in [1.165, 1.54) is 12.1 Å². The molecule has 28 heavy (non-hydrogen) atoms. The molecule has 2 aromatic carbocycles. The van der Waals surface area contributed by atoms with E-state index in [1.54, 1.807) is 26.0 Å². The monoisotopic (exact) mass is 404 g/mol. The molecule has 0 bridgehead atoms. The highest BCUT2D eigenvalue weighted by Crippen LogP contribution is 2.14. The maximum atomic E-state index is 12.1. The standard InChI is InChI=1S/C20H28N4O3S/c1-16(2)23-28(26,27)19-12-10-17(11-13-19)22-20(25)21-14-7-15-24(3)18-8-5-4-6-9-18/h4-6,8-13,16,23H,7,14-15H2,1-3H3,(H2,21,22,25). The smallest absolute Gasteiger partial charge is 0.319 e. The largest absolute Gasteiger partial charge is 0.375 e. The second kappa shape index (κ2) is 10.1. The van der Waals surface area contributed by atoms with Crippen molar-refractivity contribution in [2.45, 2.75) is 31.2 Å². The van der Waals surface area contributed by atoms with Gasteiger partial charge in [-0.3, -0.25) is 0 Å². The number of amides is 2. The minimum atomic E-state index is -3.54. The van der Waals surface area contributed by atoms with Crippen LogP contribution in [0.1, 0.15) is 20.3 Å². The Morgan fingerprint density at radius 3 is 2.29 bits per heavy atom. The number of para-hydroxylation sites is 1. The number of nitrogens with one attached hydrogen (secondary N) is 3. The molecule has 0 spiro atoms. The number of sulfonamides is 1. The molecular weight excluding hydrogens is 376 g/mol. The van der Waals surface area contributed by atoms with E-state index >= 15 is 0 Å². The summed E-state index contributed by atoms with van der Waals surface area (Å²) in [7, 11) is -1.52. The molecule has 152 valence electrons. The molecule has 0 atom stereocenters. The van der Waals surface area contributed by atoms with Crippen molar-refractivity contribution in [3.05, 3.63) is 54.6 Å². The number of rotatable bonds is 9. The maximum Gasteiger partial charge on any atom is 0.319 e. The predicted molar refractivity (Wildman–Crippen MR) is 113 cm³/mol. The molecule has 0 radical (unpaired) electrons. The lowest BCUT2D eigenvalue weighted by Crippen LogP contribution is -2.32. The fourth-order valence-corrected chi connectivity index (χ4v) is 3.85. The van der Waals surface area contributed by atoms with Gasteiger partial charge in [0.25, 0.3) is 0 Å². The Morgan fingerprint density at radius 1 is 1.04 bits per heavy atom. The van der Waals surface area contributed by atoms with Crippen LogP contribution in [0, 0.1) is 0 Å². The van der Waals surface area contributed by atoms with Crippen molar-refractivity contribution in [3.8, 4) is 0 Å². The van der Waals surface area contributed by atoms with Crippen LogP contribution < -0.4 is 20.3 Å². The molecule has 3 N–H and O–H groups in total. The molecule has 0 aliphatic rings. The average Bonchev–Trinajstić information content (AvgIpc) is 2.65. The van der Waals surface area contributed by atoms with Crippen molar-refractivity contribution < 1.29 is 13.2 Å². The van der Waals surface area contributed by atoms with E-state index in [4.69, 9.17) is 0 Å². The number of hydrogen-bond donors (Lipinski definition) is 3. The number of carbonyl (C=O) groups is 1. The van der Waals surface area contributed by atoms with E-state index in [1.807, 2.05) is 37.4 Å². The summed E-state index contributed by atoms with van der Waals surface area (Å²) in [5.41, 5.74) is 1.66. The SMILES string of the molecule is CC(C)NS(=O)(=O)c1ccc(NC(=O)NCCCN(C)c2ccccc2)cc1. The van der Waals surface area contributed by atoms with Crippen LogP contribution >= 0.6 is 0 Å². The van der Waals surface area contributed by atoms with Crippen LogP contribution in [0.5, 0.6) is 0 Å². The second-order valence-electron chi connectivity index (χ2n) is 6.79. The Bertz CT molecular complexity index is 853. The first-order valence-corrected chi connectivity index (χ1v) is 10.7. The Hall–Kier alpha value is -2.58. The molecule has 0 aliphatic carbocycles. The fourth-order valence-electron chi connectivity index (χ4n) is 2.60. The Balaban J connectivity index is 1.76. The normalized spacial score (nSPS) is 11.3. The zero-order valence-electron chi connectivity index (χ0n) is 16.5. The van der Waals surface area contributed by atoms with Gasteiger partial charge >= 0.3 is 6.03 Å². The van der Waals surface area contributed by atoms with Crippen LogP contribution in [0.4, 0.5) is 16.2 Å². The molecule has 2 amide bonds. The minimum Gasteiger partial charge on any atom is -0.375 e. The second-order valence-corrected chi connectivity index (χ2v) is 8.51. The molecule has 0 unspecified atom stereocenters. The lowest BCUT2D eigenvalue weighted by molar-refractivity contribution is 0.252. The number of benzene rings is 2. The summed E-state index contributed by atoms with van der Waals surface area (Å²) in [6.45, 7) is 4.87. The highest BCUT2D eigenvalue weighted by Gasteiger charge is 2.15. The van der Waals surface area contributed by atoms with Crippen LogP contribution in [0.15, 0.2) is 59.5 Å². The van der Waals surface area contributed by atoms with E-state index in [2.05, 4.69) is 20.3 Å². The van der Waals surface area contributed by atoms with E-state index in [0.717, 1.165) is 18.7 Å². The quantitative estimate of drug-likeness (QED) is 0.561. The van der Waals surface area contributed by atoms with Gasteiger partial charge in [0, 0.05) is 37.6 Å². The van der Waals surface area contributed by atoms with Gasteiger partial charge in [-0.25, -0.2) is 17.9 Å². The van der Waals surface area contributed by atoms with Crippen molar-refractivity contribution in [2.75, 3.05) is 30.4 Å². The number of nitrogens with zero attached hydrogens (tertiary/aromatic N) is 1. The first kappa shape index (κ1) is 21.7. The topological polar surface area (TPSA) is 90.5 Å². The van der Waals surface area contributed by atoms with Crippen LogP contribution in [0.3, 0.4) is 0 Å². The lowest BCUT2D eigenvalue weighted by Gasteiger charge is -2.19. The summed E-state index contributed by atoms with van der Waals surface area (Å²) in [4.78, 5) is 14.3. The number of urea groups is 1. The van der Waals surface area contributed by atoms with Crippen LogP contribution in [0.25, 0.3) is 0 Å². The summed E-state index contributed by atoms with van der Waals surface area (Å²) in [5.74, 6) is 0. The van der Waals surface area contributed by atoms with Crippen molar-refractivity contribution in [3.63, 3.8) is 0 Å². The zero-order valence-corrected chi connectivity index (χ0v) is 17.3. The summed E-state index contributed by atoms with van der Waals surface area (Å²) >= 11 is 0. The van der Waals surface area contributed by atoms with Gasteiger partial charge in [-0.2, -0.15) is 0 Å². The molecule has 0 saturated heterocycles. The third-order valence-corrected chi connectivity index (χ3v) is 5.64. The van der Waals surface area contributed by atoms with Crippen LogP contribution in [-0.4, -0.2) is 40.6 Å². The highest BCUT2D eigenvalue weighted by molar-refractivity contribution is 7.89. The average molecular weight is 405 g/mol. The van der Waals surface area contributed by atoms with Crippen LogP contribution in [-0.2, 0) is 10.0 Å². The predicted octanol–water partition coefficient (Wildman–Crippen LogP) is 3.02. The highest BCUT2D eigenvalue weighted by atomic mass is 32.2. The van der Waals surface area contributed by atoms with Gasteiger partial charge in [0.2, 0.25) is 10.0 Å². The first-order valence-electron chi connectivity index (χ1n) is 9.21. The first-order chi connectivity index (χ1) is 13.3. The molecule has 0 heterocycles. The zero-order chi connectivity index (χ0) is 20.6. The summed E-state index contributed by atoms with van der Waals surface area (Å²) in [6, 6.07) is 15.6. The van der Waals surface area contributed by atoms with Gasteiger partial charge in [0.15, 0.2) is 0 Å². The van der Waals surface area contributed by atoms with Gasteiger partial charge in [0.1, 0.15) is 0 Å². The van der Waals surface area contributed by atoms with E-state index < -0.39 is 10.0 Å². The van der Waals surface area contributed by atoms with E-state index in [0.29, 0.717) is 12.2 Å². The summed E-state index contributed by atoms with van der Waals surface area (Å²) in [5, 5.41) is 5.50. The Kier molecular flexibility index (Phi) is 7.83. The number of carbonyl (C=O) groups excluding carboxylic acids is 1. The third-order valence-electron chi connectivity index (χ3n) is 3.97. The molecule has 0 fully saturated rings. The van der Waals surface area contributed by atoms with Crippen molar-refractivity contribution in [1.29, 1.82) is 0 Å². The molecule has 2 aromatic rings. The summed E-state index contributed by atoms with van der Waals surface area (Å²) < 4.78 is 26.7. The van der Waals surface area contributed by atoms with E-state index in [9.17, 15) is 13.2 Å². The van der Waals surface area contributed by atoms with Gasteiger partial charge in [0.05, 0.1) is 4.90 Å². The molecule has 2 rings (SSSR count). The van der Waals surface area contributed by atoms with Gasteiger partial charge in [-0.05, 0) is 56.7 Å². The minimum absolute atomic E-state index is 0.163. The van der Waals surface area contributed by atoms with Gasteiger partial charge < -0.3 is 15.5 Å². The Morgan fingerprint density at radius 2 is 1.68 bits per heavy atom. The van der Waals surface area contributed by atoms with Crippen molar-refractivity contribution >= 4 is 27.4 Å². The fraction of sp³-hybridized carbons (Fsp3) is 0.350. The lowest BCUT2D eigenvalue weighted by atomic mass is 10.3. The molecule has 0 aliphatic heterocycles. The molecular formula is C20H28N4O3S. The molecule has 0 saturated carbocycles. The van der Waals surface area contributed by atoms with Crippen molar-refractivity contribution in [1.82, 2.24) is 10.0 Å². The number of hydrogen-bond acceptors (Lipinski definition) is 4. The van der Waals surface area contributed by atoms with E-state index in [-0.39, 0.29) is 17.0 Å². The maximum absolute atomic E-state index is 12.1. The molecule has 0 aromatic heterocycles. The third kappa shape index (κ3) is 6.86. The molecule has 8 heteroatoms. The van der Waals surface area contributed by atoms with Crippen molar-refractivity contribution in [2.24, 2.45) is 0 Å². The van der Waals surface area contributed by atoms with Gasteiger partial charge in [-0.15, -0.1) is 0 Å². The van der Waals surface area contributed by atoms with Gasteiger partial charge in [-0.1, -0.05) is 18.2 Å². The Labute approximate surface area is 167 Å².